The van der Waals surface area contributed by atoms with Gasteiger partial charge >= 0.3 is 0 Å². The van der Waals surface area contributed by atoms with Crippen LogP contribution in [-0.4, -0.2) is 50.7 Å². The molecule has 0 spiro atoms. The van der Waals surface area contributed by atoms with Crippen molar-refractivity contribution in [3.8, 4) is 16.3 Å². The zero-order valence-corrected chi connectivity index (χ0v) is 17.8. The van der Waals surface area contributed by atoms with E-state index in [0.29, 0.717) is 23.8 Å². The van der Waals surface area contributed by atoms with Gasteiger partial charge in [-0.1, -0.05) is 18.2 Å². The van der Waals surface area contributed by atoms with Crippen LogP contribution in [0.3, 0.4) is 0 Å². The molecule has 1 amide bonds. The summed E-state index contributed by atoms with van der Waals surface area (Å²) in [5.74, 6) is 0.0178. The van der Waals surface area contributed by atoms with Crippen LogP contribution < -0.4 is 5.32 Å². The van der Waals surface area contributed by atoms with Crippen molar-refractivity contribution in [3.63, 3.8) is 0 Å². The van der Waals surface area contributed by atoms with Crippen molar-refractivity contribution in [2.45, 2.75) is 43.8 Å². The van der Waals surface area contributed by atoms with E-state index in [1.807, 2.05) is 58.5 Å². The van der Waals surface area contributed by atoms with Crippen molar-refractivity contribution in [2.75, 3.05) is 7.05 Å². The molecule has 1 aromatic carbocycles. The molecule has 2 aliphatic heterocycles. The highest BCUT2D eigenvalue weighted by Gasteiger charge is 2.36. The predicted octanol–water partition coefficient (Wildman–Crippen LogP) is 3.77. The normalized spacial score (nSPS) is 22.9. The number of thiazole rings is 1. The van der Waals surface area contributed by atoms with Crippen LogP contribution in [0.15, 0.2) is 48.1 Å². The molecule has 2 saturated heterocycles. The number of para-hydroxylation sites is 1. The third kappa shape index (κ3) is 3.95. The van der Waals surface area contributed by atoms with Gasteiger partial charge < -0.3 is 10.2 Å². The number of benzene rings is 1. The number of hydrogen-bond acceptors (Lipinski definition) is 5. The summed E-state index contributed by atoms with van der Waals surface area (Å²) in [5, 5.41) is 10.8. The number of amides is 1. The van der Waals surface area contributed by atoms with Crippen molar-refractivity contribution in [1.29, 1.82) is 0 Å². The van der Waals surface area contributed by atoms with Gasteiger partial charge in [-0.25, -0.2) is 9.67 Å². The zero-order chi connectivity index (χ0) is 19.1. The Kier molecular flexibility index (Phi) is 5.72. The van der Waals surface area contributed by atoms with Crippen molar-refractivity contribution < 1.29 is 4.79 Å². The number of rotatable bonds is 4. The molecule has 29 heavy (non-hydrogen) atoms. The number of nitrogens with zero attached hydrogens (tertiary/aromatic N) is 4. The number of hydrogen-bond donors (Lipinski definition) is 1. The maximum atomic E-state index is 13.0. The maximum absolute atomic E-state index is 13.0. The van der Waals surface area contributed by atoms with Crippen LogP contribution in [0.1, 0.15) is 36.2 Å². The van der Waals surface area contributed by atoms with E-state index in [-0.39, 0.29) is 18.3 Å². The summed E-state index contributed by atoms with van der Waals surface area (Å²) in [6, 6.07) is 11.4. The molecule has 0 saturated carbocycles. The Morgan fingerprint density at radius 2 is 1.93 bits per heavy atom. The smallest absolute Gasteiger partial charge is 0.273 e. The quantitative estimate of drug-likeness (QED) is 0.685. The topological polar surface area (TPSA) is 63.1 Å². The molecule has 2 bridgehead atoms. The van der Waals surface area contributed by atoms with Crippen molar-refractivity contribution in [2.24, 2.45) is 0 Å². The minimum absolute atomic E-state index is 0. The Labute approximate surface area is 180 Å². The maximum Gasteiger partial charge on any atom is 0.273 e. The van der Waals surface area contributed by atoms with Crippen molar-refractivity contribution >= 4 is 29.7 Å². The molecule has 6 nitrogen and oxygen atoms in total. The second-order valence-electron chi connectivity index (χ2n) is 7.73. The van der Waals surface area contributed by atoms with Gasteiger partial charge in [-0.05, 0) is 37.8 Å². The Morgan fingerprint density at radius 1 is 1.21 bits per heavy atom. The Balaban J connectivity index is 0.00000205. The van der Waals surface area contributed by atoms with Gasteiger partial charge in [0, 0.05) is 42.3 Å². The molecule has 0 aliphatic carbocycles. The lowest BCUT2D eigenvalue weighted by molar-refractivity contribution is 0.0676. The van der Waals surface area contributed by atoms with Gasteiger partial charge in [0.1, 0.15) is 10.7 Å². The molecule has 2 aliphatic rings. The van der Waals surface area contributed by atoms with Crippen molar-refractivity contribution in [1.82, 2.24) is 25.0 Å². The fourth-order valence-corrected chi connectivity index (χ4v) is 5.12. The van der Waals surface area contributed by atoms with Crippen LogP contribution in [0.2, 0.25) is 0 Å². The standard InChI is InChI=1S/C21H23N5OS.ClH/c1-25(18-9-15-7-8-16(10-18)23-15)21(27)19-13-28-20(24-19)14-11-22-26(12-14)17-5-3-2-4-6-17;/h2-6,11-13,15-16,18,23H,7-10H2,1H3;1H. The number of halogens is 1. The molecule has 2 unspecified atom stereocenters. The largest absolute Gasteiger partial charge is 0.337 e. The van der Waals surface area contributed by atoms with E-state index in [0.717, 1.165) is 29.1 Å². The third-order valence-corrected chi connectivity index (χ3v) is 6.78. The monoisotopic (exact) mass is 429 g/mol. The number of nitrogens with one attached hydrogen (secondary N) is 1. The summed E-state index contributed by atoms with van der Waals surface area (Å²) in [6.45, 7) is 0. The first-order chi connectivity index (χ1) is 13.7. The Morgan fingerprint density at radius 3 is 2.66 bits per heavy atom. The van der Waals surface area contributed by atoms with Crippen LogP contribution in [0, 0.1) is 0 Å². The fourth-order valence-electron chi connectivity index (χ4n) is 4.35. The number of carbonyl (C=O) groups excluding carboxylic acids is 1. The predicted molar refractivity (Wildman–Crippen MR) is 117 cm³/mol. The zero-order valence-electron chi connectivity index (χ0n) is 16.2. The number of aromatic nitrogens is 3. The summed E-state index contributed by atoms with van der Waals surface area (Å²) in [7, 11) is 1.92. The first-order valence-corrected chi connectivity index (χ1v) is 10.6. The average Bonchev–Trinajstić information content (AvgIpc) is 3.47. The lowest BCUT2D eigenvalue weighted by Gasteiger charge is -2.35. The summed E-state index contributed by atoms with van der Waals surface area (Å²) in [4.78, 5) is 19.5. The molecule has 5 rings (SSSR count). The molecule has 4 heterocycles. The summed E-state index contributed by atoms with van der Waals surface area (Å²) < 4.78 is 1.83. The van der Waals surface area contributed by atoms with Gasteiger partial charge in [-0.2, -0.15) is 5.10 Å². The van der Waals surface area contributed by atoms with Gasteiger partial charge in [-0.3, -0.25) is 4.79 Å². The minimum Gasteiger partial charge on any atom is -0.337 e. The fraction of sp³-hybridized carbons (Fsp3) is 0.381. The van der Waals surface area contributed by atoms with E-state index in [9.17, 15) is 4.79 Å². The SMILES string of the molecule is CN(C(=O)c1csc(-c2cnn(-c3ccccc3)c2)n1)C1CC2CCC(C1)N2.Cl. The summed E-state index contributed by atoms with van der Waals surface area (Å²) in [5.41, 5.74) is 2.46. The van der Waals surface area contributed by atoms with Crippen LogP contribution >= 0.6 is 23.7 Å². The minimum atomic E-state index is 0. The molecular weight excluding hydrogens is 406 g/mol. The third-order valence-electron chi connectivity index (χ3n) is 5.89. The number of fused-ring (bicyclic) bond motifs is 2. The van der Waals surface area contributed by atoms with Gasteiger partial charge in [0.25, 0.3) is 5.91 Å². The first-order valence-electron chi connectivity index (χ1n) is 9.76. The molecule has 2 atom stereocenters. The molecule has 152 valence electrons. The lowest BCUT2D eigenvalue weighted by Crippen LogP contribution is -2.48. The second-order valence-corrected chi connectivity index (χ2v) is 8.58. The van der Waals surface area contributed by atoms with Gasteiger partial charge in [0.2, 0.25) is 0 Å². The van der Waals surface area contributed by atoms with E-state index < -0.39 is 0 Å². The molecular formula is C21H24ClN5OS. The lowest BCUT2D eigenvalue weighted by atomic mass is 9.98. The van der Waals surface area contributed by atoms with E-state index in [2.05, 4.69) is 15.4 Å². The van der Waals surface area contributed by atoms with Crippen LogP contribution in [-0.2, 0) is 0 Å². The summed E-state index contributed by atoms with van der Waals surface area (Å²) >= 11 is 1.49. The Hall–Kier alpha value is -2.22. The first kappa shape index (κ1) is 20.1. The van der Waals surface area contributed by atoms with Crippen LogP contribution in [0.4, 0.5) is 0 Å². The van der Waals surface area contributed by atoms with E-state index >= 15 is 0 Å². The number of carbonyl (C=O) groups is 1. The second kappa shape index (κ2) is 8.26. The van der Waals surface area contributed by atoms with Gasteiger partial charge in [-0.15, -0.1) is 23.7 Å². The van der Waals surface area contributed by atoms with E-state index in [4.69, 9.17) is 0 Å². The molecule has 0 radical (unpaired) electrons. The molecule has 2 aromatic heterocycles. The van der Waals surface area contributed by atoms with Crippen LogP contribution in [0.25, 0.3) is 16.3 Å². The molecule has 2 fully saturated rings. The Bertz CT molecular complexity index is 976. The van der Waals surface area contributed by atoms with E-state index in [1.165, 1.54) is 24.2 Å². The average molecular weight is 430 g/mol. The highest BCUT2D eigenvalue weighted by atomic mass is 35.5. The van der Waals surface area contributed by atoms with Gasteiger partial charge in [0.05, 0.1) is 11.9 Å². The highest BCUT2D eigenvalue weighted by Crippen LogP contribution is 2.30. The van der Waals surface area contributed by atoms with E-state index in [1.54, 1.807) is 6.20 Å². The molecule has 8 heteroatoms. The van der Waals surface area contributed by atoms with Crippen molar-refractivity contribution in [3.05, 3.63) is 53.8 Å². The van der Waals surface area contributed by atoms with Crippen LogP contribution in [0.5, 0.6) is 0 Å². The molecule has 3 aromatic rings. The number of piperidine rings is 1. The summed E-state index contributed by atoms with van der Waals surface area (Å²) in [6.07, 6.45) is 8.30. The van der Waals surface area contributed by atoms with Gasteiger partial charge in [0.15, 0.2) is 0 Å². The molecule has 1 N–H and O–H groups in total. The highest BCUT2D eigenvalue weighted by molar-refractivity contribution is 7.13.